The zero-order valence-corrected chi connectivity index (χ0v) is 19.0. The van der Waals surface area contributed by atoms with E-state index in [4.69, 9.17) is 9.47 Å². The molecule has 1 aromatic carbocycles. The summed E-state index contributed by atoms with van der Waals surface area (Å²) in [5.41, 5.74) is 1.37. The SMILES string of the molecule is CCOCCC1(CNC(=NC)NCc2cccc(OCC(=O)N(C)C)c2)CCCC1. The predicted molar refractivity (Wildman–Crippen MR) is 121 cm³/mol. The van der Waals surface area contributed by atoms with Crippen molar-refractivity contribution in [2.45, 2.75) is 45.6 Å². The van der Waals surface area contributed by atoms with Crippen LogP contribution >= 0.6 is 0 Å². The number of carbonyl (C=O) groups excluding carboxylic acids is 1. The highest BCUT2D eigenvalue weighted by molar-refractivity contribution is 5.79. The van der Waals surface area contributed by atoms with Crippen molar-refractivity contribution < 1.29 is 14.3 Å². The first-order valence-corrected chi connectivity index (χ1v) is 10.9. The molecule has 0 aromatic heterocycles. The van der Waals surface area contributed by atoms with Crippen LogP contribution in [0.5, 0.6) is 5.75 Å². The lowest BCUT2D eigenvalue weighted by Gasteiger charge is -2.30. The van der Waals surface area contributed by atoms with E-state index in [-0.39, 0.29) is 12.5 Å². The molecule has 0 bridgehead atoms. The molecule has 1 saturated carbocycles. The number of likely N-dealkylation sites (N-methyl/N-ethyl adjacent to an activating group) is 1. The molecule has 168 valence electrons. The van der Waals surface area contributed by atoms with E-state index in [9.17, 15) is 4.79 Å². The van der Waals surface area contributed by atoms with Gasteiger partial charge in [-0.3, -0.25) is 9.79 Å². The Morgan fingerprint density at radius 3 is 2.67 bits per heavy atom. The van der Waals surface area contributed by atoms with Gasteiger partial charge in [0.2, 0.25) is 0 Å². The Kier molecular flexibility index (Phi) is 9.94. The molecule has 0 aliphatic heterocycles. The third-order valence-corrected chi connectivity index (χ3v) is 5.72. The maximum Gasteiger partial charge on any atom is 0.259 e. The molecule has 1 amide bonds. The number of amides is 1. The summed E-state index contributed by atoms with van der Waals surface area (Å²) in [7, 11) is 5.23. The van der Waals surface area contributed by atoms with Crippen LogP contribution in [0.15, 0.2) is 29.3 Å². The highest BCUT2D eigenvalue weighted by Crippen LogP contribution is 2.40. The van der Waals surface area contributed by atoms with E-state index in [2.05, 4.69) is 15.6 Å². The van der Waals surface area contributed by atoms with E-state index in [1.807, 2.05) is 31.2 Å². The number of aliphatic imine (C=N–C) groups is 1. The third-order valence-electron chi connectivity index (χ3n) is 5.72. The summed E-state index contributed by atoms with van der Waals surface area (Å²) in [6.07, 6.45) is 6.17. The molecule has 1 aromatic rings. The first kappa shape index (κ1) is 24.0. The molecule has 0 unspecified atom stereocenters. The van der Waals surface area contributed by atoms with Crippen molar-refractivity contribution in [3.8, 4) is 5.75 Å². The second kappa shape index (κ2) is 12.4. The lowest BCUT2D eigenvalue weighted by Crippen LogP contribution is -2.43. The zero-order valence-electron chi connectivity index (χ0n) is 19.0. The van der Waals surface area contributed by atoms with Crippen molar-refractivity contribution in [3.05, 3.63) is 29.8 Å². The van der Waals surface area contributed by atoms with Gasteiger partial charge >= 0.3 is 0 Å². The minimum absolute atomic E-state index is 0.0386. The Balaban J connectivity index is 1.83. The lowest BCUT2D eigenvalue weighted by atomic mass is 9.83. The van der Waals surface area contributed by atoms with E-state index in [0.717, 1.165) is 37.7 Å². The van der Waals surface area contributed by atoms with Crippen molar-refractivity contribution in [2.75, 3.05) is 47.5 Å². The molecule has 7 heteroatoms. The molecule has 1 aliphatic carbocycles. The van der Waals surface area contributed by atoms with Gasteiger partial charge in [0.15, 0.2) is 12.6 Å². The van der Waals surface area contributed by atoms with Crippen molar-refractivity contribution in [1.29, 1.82) is 0 Å². The molecular formula is C23H38N4O3. The van der Waals surface area contributed by atoms with Gasteiger partial charge in [0.05, 0.1) is 0 Å². The number of nitrogens with one attached hydrogen (secondary N) is 2. The number of hydrogen-bond donors (Lipinski definition) is 2. The fourth-order valence-electron chi connectivity index (χ4n) is 3.77. The molecule has 0 saturated heterocycles. The van der Waals surface area contributed by atoms with Crippen molar-refractivity contribution in [2.24, 2.45) is 10.4 Å². The number of guanidine groups is 1. The Labute approximate surface area is 181 Å². The van der Waals surface area contributed by atoms with Gasteiger partial charge in [-0.05, 0) is 49.3 Å². The Hall–Kier alpha value is -2.28. The van der Waals surface area contributed by atoms with Crippen molar-refractivity contribution >= 4 is 11.9 Å². The molecule has 1 fully saturated rings. The van der Waals surface area contributed by atoms with Gasteiger partial charge in [0.25, 0.3) is 5.91 Å². The van der Waals surface area contributed by atoms with Crippen LogP contribution < -0.4 is 15.4 Å². The van der Waals surface area contributed by atoms with Crippen LogP contribution in [0.4, 0.5) is 0 Å². The van der Waals surface area contributed by atoms with Gasteiger partial charge in [-0.25, -0.2) is 0 Å². The summed E-state index contributed by atoms with van der Waals surface area (Å²) >= 11 is 0. The Morgan fingerprint density at radius 2 is 2.00 bits per heavy atom. The number of carbonyl (C=O) groups is 1. The second-order valence-corrected chi connectivity index (χ2v) is 8.16. The molecule has 7 nitrogen and oxygen atoms in total. The van der Waals surface area contributed by atoms with E-state index in [1.165, 1.54) is 30.6 Å². The van der Waals surface area contributed by atoms with E-state index < -0.39 is 0 Å². The van der Waals surface area contributed by atoms with Crippen LogP contribution in [0.3, 0.4) is 0 Å². The highest BCUT2D eigenvalue weighted by Gasteiger charge is 2.33. The first-order valence-electron chi connectivity index (χ1n) is 10.9. The third kappa shape index (κ3) is 7.86. The van der Waals surface area contributed by atoms with E-state index in [1.54, 1.807) is 21.1 Å². The fraction of sp³-hybridized carbons (Fsp3) is 0.652. The molecule has 2 rings (SSSR count). The fourth-order valence-corrected chi connectivity index (χ4v) is 3.77. The van der Waals surface area contributed by atoms with E-state index in [0.29, 0.717) is 17.7 Å². The van der Waals surface area contributed by atoms with Gasteiger partial charge in [-0.1, -0.05) is 25.0 Å². The number of benzene rings is 1. The number of nitrogens with zero attached hydrogens (tertiary/aromatic N) is 2. The molecule has 0 radical (unpaired) electrons. The monoisotopic (exact) mass is 418 g/mol. The van der Waals surface area contributed by atoms with Crippen molar-refractivity contribution in [3.63, 3.8) is 0 Å². The quantitative estimate of drug-likeness (QED) is 0.328. The largest absolute Gasteiger partial charge is 0.484 e. The summed E-state index contributed by atoms with van der Waals surface area (Å²) in [6, 6.07) is 7.77. The molecule has 0 atom stereocenters. The predicted octanol–water partition coefficient (Wildman–Crippen LogP) is 2.81. The summed E-state index contributed by atoms with van der Waals surface area (Å²) in [5.74, 6) is 1.42. The molecule has 1 aliphatic rings. The Bertz CT molecular complexity index is 685. The number of hydrogen-bond acceptors (Lipinski definition) is 4. The summed E-state index contributed by atoms with van der Waals surface area (Å²) in [6.45, 7) is 5.23. The average molecular weight is 419 g/mol. The van der Waals surface area contributed by atoms with Crippen molar-refractivity contribution in [1.82, 2.24) is 15.5 Å². The minimum atomic E-state index is -0.0618. The average Bonchev–Trinajstić information content (AvgIpc) is 3.21. The number of ether oxygens (including phenoxy) is 2. The second-order valence-electron chi connectivity index (χ2n) is 8.16. The topological polar surface area (TPSA) is 75.2 Å². The van der Waals surface area contributed by atoms with Gasteiger partial charge < -0.3 is 25.0 Å². The van der Waals surface area contributed by atoms with Gasteiger partial charge in [0.1, 0.15) is 5.75 Å². The van der Waals surface area contributed by atoms with E-state index >= 15 is 0 Å². The molecule has 30 heavy (non-hydrogen) atoms. The van der Waals surface area contributed by atoms with Crippen LogP contribution in [-0.4, -0.2) is 64.3 Å². The summed E-state index contributed by atoms with van der Waals surface area (Å²) in [5, 5.41) is 6.90. The van der Waals surface area contributed by atoms with Gasteiger partial charge in [-0.2, -0.15) is 0 Å². The number of rotatable bonds is 11. The zero-order chi connectivity index (χ0) is 21.8. The van der Waals surface area contributed by atoms with Crippen LogP contribution in [-0.2, 0) is 16.1 Å². The van der Waals surface area contributed by atoms with Crippen LogP contribution in [0, 0.1) is 5.41 Å². The lowest BCUT2D eigenvalue weighted by molar-refractivity contribution is -0.130. The van der Waals surface area contributed by atoms with Crippen LogP contribution in [0.25, 0.3) is 0 Å². The first-order chi connectivity index (χ1) is 14.5. The Morgan fingerprint density at radius 1 is 1.23 bits per heavy atom. The van der Waals surface area contributed by atoms with Gasteiger partial charge in [-0.15, -0.1) is 0 Å². The van der Waals surface area contributed by atoms with Crippen LogP contribution in [0.1, 0.15) is 44.6 Å². The summed E-state index contributed by atoms with van der Waals surface area (Å²) in [4.78, 5) is 17.6. The molecular weight excluding hydrogens is 380 g/mol. The highest BCUT2D eigenvalue weighted by atomic mass is 16.5. The maximum atomic E-state index is 11.7. The summed E-state index contributed by atoms with van der Waals surface area (Å²) < 4.78 is 11.2. The molecule has 0 heterocycles. The van der Waals surface area contributed by atoms with Gasteiger partial charge in [0, 0.05) is 47.4 Å². The minimum Gasteiger partial charge on any atom is -0.484 e. The standard InChI is InChI=1S/C23H38N4O3/c1-5-29-14-13-23(11-6-7-12-23)18-26-22(24-2)25-16-19-9-8-10-20(15-19)30-17-21(28)27(3)4/h8-10,15H,5-7,11-14,16-18H2,1-4H3,(H2,24,25,26). The maximum absolute atomic E-state index is 11.7. The molecule has 0 spiro atoms. The molecule has 2 N–H and O–H groups in total. The smallest absolute Gasteiger partial charge is 0.259 e. The normalized spacial score (nSPS) is 15.7. The van der Waals surface area contributed by atoms with Crippen LogP contribution in [0.2, 0.25) is 0 Å².